The lowest BCUT2D eigenvalue weighted by Crippen LogP contribution is -2.41. The fourth-order valence-electron chi connectivity index (χ4n) is 2.37. The zero-order valence-electron chi connectivity index (χ0n) is 11.3. The molecule has 104 valence electrons. The lowest BCUT2D eigenvalue weighted by Gasteiger charge is -2.28. The van der Waals surface area contributed by atoms with Crippen molar-refractivity contribution in [1.82, 2.24) is 4.90 Å². The van der Waals surface area contributed by atoms with Crippen LogP contribution in [0.3, 0.4) is 0 Å². The molecule has 1 aromatic rings. The first-order valence-electron chi connectivity index (χ1n) is 6.95. The molecule has 1 amide bonds. The number of rotatable bonds is 5. The molecule has 0 aromatic heterocycles. The minimum absolute atomic E-state index is 0.143. The SMILES string of the molecule is NCCN(Cc1ccccc1)C(=O)C1CCCCS1. The monoisotopic (exact) mass is 278 g/mol. The Balaban J connectivity index is 2.00. The number of thioether (sulfide) groups is 1. The number of benzene rings is 1. The Morgan fingerprint density at radius 3 is 2.74 bits per heavy atom. The average molecular weight is 278 g/mol. The molecule has 2 N–H and O–H groups in total. The summed E-state index contributed by atoms with van der Waals surface area (Å²) >= 11 is 1.80. The van der Waals surface area contributed by atoms with Crippen molar-refractivity contribution in [2.75, 3.05) is 18.8 Å². The minimum atomic E-state index is 0.143. The summed E-state index contributed by atoms with van der Waals surface area (Å²) in [5.41, 5.74) is 6.82. The van der Waals surface area contributed by atoms with Gasteiger partial charge in [-0.2, -0.15) is 0 Å². The van der Waals surface area contributed by atoms with Crippen molar-refractivity contribution in [3.8, 4) is 0 Å². The highest BCUT2D eigenvalue weighted by molar-refractivity contribution is 8.00. The molecule has 0 spiro atoms. The summed E-state index contributed by atoms with van der Waals surface area (Å²) in [7, 11) is 0. The second kappa shape index (κ2) is 7.56. The topological polar surface area (TPSA) is 46.3 Å². The Morgan fingerprint density at radius 1 is 1.32 bits per heavy atom. The van der Waals surface area contributed by atoms with Crippen LogP contribution in [0.1, 0.15) is 24.8 Å². The van der Waals surface area contributed by atoms with E-state index in [-0.39, 0.29) is 11.2 Å². The molecule has 1 heterocycles. The molecule has 1 aliphatic heterocycles. The number of hydrogen-bond donors (Lipinski definition) is 1. The molecular weight excluding hydrogens is 256 g/mol. The fourth-order valence-corrected chi connectivity index (χ4v) is 3.65. The third-order valence-electron chi connectivity index (χ3n) is 3.38. The van der Waals surface area contributed by atoms with E-state index in [1.165, 1.54) is 18.4 Å². The molecule has 0 bridgehead atoms. The van der Waals surface area contributed by atoms with Gasteiger partial charge in [-0.1, -0.05) is 36.8 Å². The van der Waals surface area contributed by atoms with Gasteiger partial charge in [-0.15, -0.1) is 11.8 Å². The molecular formula is C15H22N2OS. The van der Waals surface area contributed by atoms with E-state index in [2.05, 4.69) is 12.1 Å². The highest BCUT2D eigenvalue weighted by atomic mass is 32.2. The van der Waals surface area contributed by atoms with E-state index in [1.54, 1.807) is 11.8 Å². The molecule has 1 atom stereocenters. The van der Waals surface area contributed by atoms with Gasteiger partial charge in [0.05, 0.1) is 5.25 Å². The van der Waals surface area contributed by atoms with Gasteiger partial charge >= 0.3 is 0 Å². The van der Waals surface area contributed by atoms with E-state index < -0.39 is 0 Å². The predicted molar refractivity (Wildman–Crippen MR) is 81.0 cm³/mol. The first-order chi connectivity index (χ1) is 9.31. The van der Waals surface area contributed by atoms with Crippen LogP contribution in [0.25, 0.3) is 0 Å². The molecule has 0 aliphatic carbocycles. The molecule has 3 nitrogen and oxygen atoms in total. The van der Waals surface area contributed by atoms with Crippen LogP contribution in [0.4, 0.5) is 0 Å². The minimum Gasteiger partial charge on any atom is -0.336 e. The maximum absolute atomic E-state index is 12.5. The Hall–Kier alpha value is -1.000. The molecule has 1 unspecified atom stereocenters. The van der Waals surface area contributed by atoms with Gasteiger partial charge in [0.25, 0.3) is 0 Å². The maximum atomic E-state index is 12.5. The predicted octanol–water partition coefficient (Wildman–Crippen LogP) is 2.26. The van der Waals surface area contributed by atoms with Crippen LogP contribution < -0.4 is 5.73 Å². The highest BCUT2D eigenvalue weighted by Crippen LogP contribution is 2.27. The standard InChI is InChI=1S/C15H22N2OS/c16-9-10-17(12-13-6-2-1-3-7-13)15(18)14-8-4-5-11-19-14/h1-3,6-7,14H,4-5,8-12,16H2. The largest absolute Gasteiger partial charge is 0.336 e. The van der Waals surface area contributed by atoms with Crippen LogP contribution in [0.5, 0.6) is 0 Å². The third-order valence-corrected chi connectivity index (χ3v) is 4.75. The van der Waals surface area contributed by atoms with Crippen LogP contribution in [0.15, 0.2) is 30.3 Å². The number of nitrogens with zero attached hydrogens (tertiary/aromatic N) is 1. The Bertz CT molecular complexity index is 390. The summed E-state index contributed by atoms with van der Waals surface area (Å²) in [6.07, 6.45) is 3.43. The van der Waals surface area contributed by atoms with Crippen molar-refractivity contribution >= 4 is 17.7 Å². The summed E-state index contributed by atoms with van der Waals surface area (Å²) in [6, 6.07) is 10.1. The molecule has 1 saturated heterocycles. The lowest BCUT2D eigenvalue weighted by molar-refractivity contribution is -0.131. The molecule has 1 aromatic carbocycles. The molecule has 1 fully saturated rings. The molecule has 4 heteroatoms. The van der Waals surface area contributed by atoms with E-state index in [0.29, 0.717) is 19.6 Å². The van der Waals surface area contributed by atoms with E-state index in [1.807, 2.05) is 23.1 Å². The Morgan fingerprint density at radius 2 is 2.11 bits per heavy atom. The number of carbonyl (C=O) groups excluding carboxylic acids is 1. The average Bonchev–Trinajstić information content (AvgIpc) is 2.48. The van der Waals surface area contributed by atoms with Gasteiger partial charge in [0.1, 0.15) is 0 Å². The zero-order chi connectivity index (χ0) is 13.5. The summed E-state index contributed by atoms with van der Waals surface area (Å²) in [5.74, 6) is 1.37. The molecule has 2 rings (SSSR count). The summed E-state index contributed by atoms with van der Waals surface area (Å²) < 4.78 is 0. The zero-order valence-corrected chi connectivity index (χ0v) is 12.1. The van der Waals surface area contributed by atoms with Gasteiger partial charge in [-0.25, -0.2) is 0 Å². The van der Waals surface area contributed by atoms with Crippen LogP contribution in [0, 0.1) is 0 Å². The second-order valence-corrected chi connectivity index (χ2v) is 6.20. The third kappa shape index (κ3) is 4.25. The number of hydrogen-bond acceptors (Lipinski definition) is 3. The van der Waals surface area contributed by atoms with Gasteiger partial charge in [0.15, 0.2) is 0 Å². The second-order valence-electron chi connectivity index (χ2n) is 4.89. The van der Waals surface area contributed by atoms with Gasteiger partial charge in [-0.3, -0.25) is 4.79 Å². The summed E-state index contributed by atoms with van der Waals surface area (Å²) in [6.45, 7) is 1.84. The van der Waals surface area contributed by atoms with Crippen molar-refractivity contribution in [2.45, 2.75) is 31.1 Å². The number of nitrogens with two attached hydrogens (primary N) is 1. The lowest BCUT2D eigenvalue weighted by atomic mass is 10.1. The van der Waals surface area contributed by atoms with Crippen molar-refractivity contribution < 1.29 is 4.79 Å². The van der Waals surface area contributed by atoms with Crippen LogP contribution in [-0.2, 0) is 11.3 Å². The number of amides is 1. The van der Waals surface area contributed by atoms with Gasteiger partial charge in [-0.05, 0) is 24.2 Å². The molecule has 0 radical (unpaired) electrons. The summed E-state index contributed by atoms with van der Waals surface area (Å²) in [4.78, 5) is 14.5. The first-order valence-corrected chi connectivity index (χ1v) is 8.00. The van der Waals surface area contributed by atoms with Gasteiger partial charge in [0.2, 0.25) is 5.91 Å². The van der Waals surface area contributed by atoms with Crippen molar-refractivity contribution in [2.24, 2.45) is 5.73 Å². The maximum Gasteiger partial charge on any atom is 0.236 e. The highest BCUT2D eigenvalue weighted by Gasteiger charge is 2.26. The smallest absolute Gasteiger partial charge is 0.236 e. The normalized spacial score (nSPS) is 19.1. The molecule has 1 aliphatic rings. The van der Waals surface area contributed by atoms with Crippen LogP contribution in [0.2, 0.25) is 0 Å². The first kappa shape index (κ1) is 14.4. The van der Waals surface area contributed by atoms with Crippen LogP contribution >= 0.6 is 11.8 Å². The molecule has 0 saturated carbocycles. The van der Waals surface area contributed by atoms with E-state index in [9.17, 15) is 4.79 Å². The van der Waals surface area contributed by atoms with Gasteiger partial charge < -0.3 is 10.6 Å². The Kier molecular flexibility index (Phi) is 5.73. The van der Waals surface area contributed by atoms with Crippen molar-refractivity contribution in [3.63, 3.8) is 0 Å². The van der Waals surface area contributed by atoms with E-state index >= 15 is 0 Å². The van der Waals surface area contributed by atoms with Crippen LogP contribution in [-0.4, -0.2) is 34.9 Å². The number of carbonyl (C=O) groups is 1. The van der Waals surface area contributed by atoms with E-state index in [4.69, 9.17) is 5.73 Å². The summed E-state index contributed by atoms with van der Waals surface area (Å²) in [5, 5.41) is 0.143. The Labute approximate surface area is 119 Å². The van der Waals surface area contributed by atoms with E-state index in [0.717, 1.165) is 12.2 Å². The fraction of sp³-hybridized carbons (Fsp3) is 0.533. The van der Waals surface area contributed by atoms with Crippen molar-refractivity contribution in [3.05, 3.63) is 35.9 Å². The quantitative estimate of drug-likeness (QED) is 0.898. The molecule has 19 heavy (non-hydrogen) atoms. The van der Waals surface area contributed by atoms with Crippen molar-refractivity contribution in [1.29, 1.82) is 0 Å². The van der Waals surface area contributed by atoms with Gasteiger partial charge in [0, 0.05) is 19.6 Å².